The fourth-order valence-electron chi connectivity index (χ4n) is 1.62. The standard InChI is InChI=1S/C15H25NO2/c1-5-15(2,3)11-16-10-14(17)12-6-8-13(18-4)9-7-12/h6-9,14,16-17H,5,10-11H2,1-4H3. The highest BCUT2D eigenvalue weighted by Gasteiger charge is 2.15. The van der Waals surface area contributed by atoms with E-state index in [1.807, 2.05) is 24.3 Å². The van der Waals surface area contributed by atoms with Crippen molar-refractivity contribution in [2.45, 2.75) is 33.3 Å². The molecule has 3 heteroatoms. The molecule has 0 aliphatic carbocycles. The lowest BCUT2D eigenvalue weighted by atomic mass is 9.90. The first-order valence-corrected chi connectivity index (χ1v) is 6.51. The van der Waals surface area contributed by atoms with Gasteiger partial charge in [-0.2, -0.15) is 0 Å². The Bertz CT molecular complexity index is 346. The molecule has 18 heavy (non-hydrogen) atoms. The smallest absolute Gasteiger partial charge is 0.118 e. The Labute approximate surface area is 110 Å². The molecule has 0 saturated heterocycles. The first-order valence-electron chi connectivity index (χ1n) is 6.51. The second-order valence-electron chi connectivity index (χ2n) is 5.44. The van der Waals surface area contributed by atoms with Crippen LogP contribution in [0.4, 0.5) is 0 Å². The fraction of sp³-hybridized carbons (Fsp3) is 0.600. The number of benzene rings is 1. The van der Waals surface area contributed by atoms with E-state index in [4.69, 9.17) is 4.74 Å². The Morgan fingerprint density at radius 2 is 1.89 bits per heavy atom. The van der Waals surface area contributed by atoms with Gasteiger partial charge < -0.3 is 15.2 Å². The van der Waals surface area contributed by atoms with E-state index in [0.29, 0.717) is 6.54 Å². The predicted molar refractivity (Wildman–Crippen MR) is 74.9 cm³/mol. The van der Waals surface area contributed by atoms with Gasteiger partial charge in [-0.1, -0.05) is 32.9 Å². The maximum atomic E-state index is 10.1. The number of hydrogen-bond donors (Lipinski definition) is 2. The van der Waals surface area contributed by atoms with Gasteiger partial charge in [-0.25, -0.2) is 0 Å². The summed E-state index contributed by atoms with van der Waals surface area (Å²) in [5, 5.41) is 13.4. The third-order valence-corrected chi connectivity index (χ3v) is 3.40. The van der Waals surface area contributed by atoms with Crippen LogP contribution in [-0.4, -0.2) is 25.3 Å². The average molecular weight is 251 g/mol. The first kappa shape index (κ1) is 15.0. The van der Waals surface area contributed by atoms with Crippen molar-refractivity contribution in [1.82, 2.24) is 5.32 Å². The molecule has 1 rings (SSSR count). The summed E-state index contributed by atoms with van der Waals surface area (Å²) in [4.78, 5) is 0. The lowest BCUT2D eigenvalue weighted by Crippen LogP contribution is -2.31. The lowest BCUT2D eigenvalue weighted by molar-refractivity contribution is 0.168. The van der Waals surface area contributed by atoms with E-state index < -0.39 is 6.10 Å². The minimum absolute atomic E-state index is 0.277. The number of methoxy groups -OCH3 is 1. The van der Waals surface area contributed by atoms with Crippen molar-refractivity contribution < 1.29 is 9.84 Å². The lowest BCUT2D eigenvalue weighted by Gasteiger charge is -2.24. The molecule has 0 heterocycles. The molecule has 0 saturated carbocycles. The van der Waals surface area contributed by atoms with Crippen LogP contribution in [0.25, 0.3) is 0 Å². The van der Waals surface area contributed by atoms with E-state index in [1.165, 1.54) is 0 Å². The van der Waals surface area contributed by atoms with E-state index >= 15 is 0 Å². The molecule has 1 atom stereocenters. The van der Waals surface area contributed by atoms with Crippen molar-refractivity contribution in [3.63, 3.8) is 0 Å². The van der Waals surface area contributed by atoms with Gasteiger partial charge in [-0.15, -0.1) is 0 Å². The van der Waals surface area contributed by atoms with Gasteiger partial charge in [0, 0.05) is 13.1 Å². The second-order valence-corrected chi connectivity index (χ2v) is 5.44. The Morgan fingerprint density at radius 3 is 2.39 bits per heavy atom. The Hall–Kier alpha value is -1.06. The number of rotatable bonds is 7. The summed E-state index contributed by atoms with van der Waals surface area (Å²) in [6, 6.07) is 7.54. The summed E-state index contributed by atoms with van der Waals surface area (Å²) < 4.78 is 5.09. The van der Waals surface area contributed by atoms with Crippen LogP contribution in [-0.2, 0) is 0 Å². The van der Waals surface area contributed by atoms with Crippen LogP contribution >= 0.6 is 0 Å². The van der Waals surface area contributed by atoms with Gasteiger partial charge >= 0.3 is 0 Å². The van der Waals surface area contributed by atoms with Gasteiger partial charge in [0.05, 0.1) is 13.2 Å². The number of ether oxygens (including phenoxy) is 1. The van der Waals surface area contributed by atoms with Crippen molar-refractivity contribution in [1.29, 1.82) is 0 Å². The zero-order valence-electron chi connectivity index (χ0n) is 11.9. The largest absolute Gasteiger partial charge is 0.497 e. The zero-order valence-corrected chi connectivity index (χ0v) is 11.9. The molecule has 0 amide bonds. The van der Waals surface area contributed by atoms with E-state index in [9.17, 15) is 5.11 Å². The number of nitrogens with one attached hydrogen (secondary N) is 1. The van der Waals surface area contributed by atoms with Crippen molar-refractivity contribution in [3.8, 4) is 5.75 Å². The molecule has 1 aromatic rings. The normalized spacial score (nSPS) is 13.4. The van der Waals surface area contributed by atoms with Crippen molar-refractivity contribution in [2.75, 3.05) is 20.2 Å². The zero-order chi connectivity index (χ0) is 13.6. The quantitative estimate of drug-likeness (QED) is 0.783. The van der Waals surface area contributed by atoms with E-state index in [2.05, 4.69) is 26.1 Å². The van der Waals surface area contributed by atoms with Crippen LogP contribution < -0.4 is 10.1 Å². The van der Waals surface area contributed by atoms with Gasteiger partial charge in [-0.3, -0.25) is 0 Å². The third-order valence-electron chi connectivity index (χ3n) is 3.40. The number of aliphatic hydroxyl groups excluding tert-OH is 1. The Morgan fingerprint density at radius 1 is 1.28 bits per heavy atom. The molecule has 3 nitrogen and oxygen atoms in total. The van der Waals surface area contributed by atoms with Crippen molar-refractivity contribution in [2.24, 2.45) is 5.41 Å². The minimum Gasteiger partial charge on any atom is -0.497 e. The molecule has 2 N–H and O–H groups in total. The summed E-state index contributed by atoms with van der Waals surface area (Å²) in [5.74, 6) is 0.811. The summed E-state index contributed by atoms with van der Waals surface area (Å²) >= 11 is 0. The highest BCUT2D eigenvalue weighted by molar-refractivity contribution is 5.28. The Kier molecular flexibility index (Phi) is 5.63. The van der Waals surface area contributed by atoms with Crippen LogP contribution in [0, 0.1) is 5.41 Å². The molecular formula is C15H25NO2. The van der Waals surface area contributed by atoms with Crippen LogP contribution in [0.1, 0.15) is 38.9 Å². The average Bonchev–Trinajstić information content (AvgIpc) is 2.38. The molecule has 0 aliphatic heterocycles. The molecule has 0 fully saturated rings. The van der Waals surface area contributed by atoms with Crippen LogP contribution in [0.5, 0.6) is 5.75 Å². The van der Waals surface area contributed by atoms with Crippen LogP contribution in [0.2, 0.25) is 0 Å². The van der Waals surface area contributed by atoms with Crippen molar-refractivity contribution >= 4 is 0 Å². The number of aliphatic hydroxyl groups is 1. The van der Waals surface area contributed by atoms with E-state index in [0.717, 1.165) is 24.3 Å². The van der Waals surface area contributed by atoms with Gasteiger partial charge in [0.15, 0.2) is 0 Å². The maximum Gasteiger partial charge on any atom is 0.118 e. The molecule has 102 valence electrons. The highest BCUT2D eigenvalue weighted by Crippen LogP contribution is 2.19. The summed E-state index contributed by atoms with van der Waals surface area (Å²) in [5.41, 5.74) is 1.19. The second kappa shape index (κ2) is 6.76. The maximum absolute atomic E-state index is 10.1. The highest BCUT2D eigenvalue weighted by atomic mass is 16.5. The molecule has 1 aromatic carbocycles. The van der Waals surface area contributed by atoms with Crippen LogP contribution in [0.15, 0.2) is 24.3 Å². The molecule has 0 bridgehead atoms. The molecule has 0 spiro atoms. The van der Waals surface area contributed by atoms with Crippen molar-refractivity contribution in [3.05, 3.63) is 29.8 Å². The van der Waals surface area contributed by atoms with Crippen LogP contribution in [0.3, 0.4) is 0 Å². The predicted octanol–water partition coefficient (Wildman–Crippen LogP) is 2.75. The molecule has 0 radical (unpaired) electrons. The monoisotopic (exact) mass is 251 g/mol. The molecular weight excluding hydrogens is 226 g/mol. The van der Waals surface area contributed by atoms with E-state index in [-0.39, 0.29) is 5.41 Å². The van der Waals surface area contributed by atoms with Gasteiger partial charge in [0.2, 0.25) is 0 Å². The summed E-state index contributed by atoms with van der Waals surface area (Å²) in [7, 11) is 1.64. The fourth-order valence-corrected chi connectivity index (χ4v) is 1.62. The van der Waals surface area contributed by atoms with Gasteiger partial charge in [0.25, 0.3) is 0 Å². The SMILES string of the molecule is CCC(C)(C)CNCC(O)c1ccc(OC)cc1. The van der Waals surface area contributed by atoms with Gasteiger partial charge in [0.1, 0.15) is 5.75 Å². The summed E-state index contributed by atoms with van der Waals surface area (Å²) in [6.45, 7) is 8.12. The molecule has 0 aliphatic rings. The van der Waals surface area contributed by atoms with Gasteiger partial charge in [-0.05, 0) is 29.5 Å². The molecule has 1 unspecified atom stereocenters. The minimum atomic E-state index is -0.469. The molecule has 0 aromatic heterocycles. The number of hydrogen-bond acceptors (Lipinski definition) is 3. The summed E-state index contributed by atoms with van der Waals surface area (Å²) in [6.07, 6.45) is 0.655. The Balaban J connectivity index is 2.42. The third kappa shape index (κ3) is 4.67. The van der Waals surface area contributed by atoms with E-state index in [1.54, 1.807) is 7.11 Å². The first-order chi connectivity index (χ1) is 8.48. The topological polar surface area (TPSA) is 41.5 Å².